The van der Waals surface area contributed by atoms with E-state index in [9.17, 15) is 18.0 Å². The molecule has 1 aliphatic heterocycles. The van der Waals surface area contributed by atoms with Gasteiger partial charge in [0.2, 0.25) is 5.91 Å². The summed E-state index contributed by atoms with van der Waals surface area (Å²) >= 11 is 0. The van der Waals surface area contributed by atoms with Crippen molar-refractivity contribution < 1.29 is 22.7 Å². The first-order valence-electron chi connectivity index (χ1n) is 7.69. The van der Waals surface area contributed by atoms with Crippen molar-refractivity contribution in [2.45, 2.75) is 40.0 Å². The number of alkyl halides is 3. The van der Waals surface area contributed by atoms with Crippen molar-refractivity contribution in [3.63, 3.8) is 0 Å². The Labute approximate surface area is 134 Å². The number of hydrogen-bond acceptors (Lipinski definition) is 2. The molecule has 1 fully saturated rings. The lowest BCUT2D eigenvalue weighted by Gasteiger charge is -2.43. The van der Waals surface area contributed by atoms with Crippen molar-refractivity contribution in [1.29, 1.82) is 0 Å². The van der Waals surface area contributed by atoms with Crippen LogP contribution in [0.3, 0.4) is 0 Å². The van der Waals surface area contributed by atoms with Crippen LogP contribution in [0.5, 0.6) is 5.75 Å². The fourth-order valence-electron chi connectivity index (χ4n) is 2.78. The summed E-state index contributed by atoms with van der Waals surface area (Å²) < 4.78 is 40.2. The standard InChI is InChI=1S/C17H22F3NO2/c1-12-8-9-21(11-16(12,2)3)15(22)10-13-4-6-14(7-5-13)23-17(18,19)20/h4-7,12H,8-11H2,1-3H3. The fraction of sp³-hybridized carbons (Fsp3) is 0.588. The van der Waals surface area contributed by atoms with E-state index >= 15 is 0 Å². The van der Waals surface area contributed by atoms with Gasteiger partial charge in [0.25, 0.3) is 0 Å². The minimum atomic E-state index is -4.70. The molecule has 3 nitrogen and oxygen atoms in total. The van der Waals surface area contributed by atoms with Gasteiger partial charge in [-0.1, -0.05) is 32.9 Å². The summed E-state index contributed by atoms with van der Waals surface area (Å²) in [7, 11) is 0. The molecule has 6 heteroatoms. The number of hydrogen-bond donors (Lipinski definition) is 0. The van der Waals surface area contributed by atoms with Gasteiger partial charge in [0.1, 0.15) is 5.75 Å². The van der Waals surface area contributed by atoms with Crippen molar-refractivity contribution in [3.8, 4) is 5.75 Å². The monoisotopic (exact) mass is 329 g/mol. The molecule has 0 saturated carbocycles. The van der Waals surface area contributed by atoms with Crippen molar-refractivity contribution in [2.75, 3.05) is 13.1 Å². The number of nitrogens with zero attached hydrogens (tertiary/aromatic N) is 1. The summed E-state index contributed by atoms with van der Waals surface area (Å²) in [4.78, 5) is 14.2. The van der Waals surface area contributed by atoms with Crippen LogP contribution in [0.25, 0.3) is 0 Å². The number of amides is 1. The Hall–Kier alpha value is -1.72. The zero-order valence-electron chi connectivity index (χ0n) is 13.6. The van der Waals surface area contributed by atoms with E-state index in [4.69, 9.17) is 0 Å². The van der Waals surface area contributed by atoms with Crippen molar-refractivity contribution in [2.24, 2.45) is 11.3 Å². The highest BCUT2D eigenvalue weighted by Crippen LogP contribution is 2.34. The van der Waals surface area contributed by atoms with E-state index in [1.807, 2.05) is 4.90 Å². The summed E-state index contributed by atoms with van der Waals surface area (Å²) in [5.41, 5.74) is 0.763. The highest BCUT2D eigenvalue weighted by Gasteiger charge is 2.34. The average molecular weight is 329 g/mol. The normalized spacial score (nSPS) is 21.1. The molecule has 0 aliphatic carbocycles. The van der Waals surface area contributed by atoms with Crippen LogP contribution in [-0.2, 0) is 11.2 Å². The molecule has 1 unspecified atom stereocenters. The molecule has 128 valence electrons. The predicted molar refractivity (Wildman–Crippen MR) is 81.0 cm³/mol. The molecule has 0 aromatic heterocycles. The van der Waals surface area contributed by atoms with Crippen LogP contribution in [0, 0.1) is 11.3 Å². The van der Waals surface area contributed by atoms with Crippen LogP contribution in [0.4, 0.5) is 13.2 Å². The third-order valence-electron chi connectivity index (χ3n) is 4.63. The lowest BCUT2D eigenvalue weighted by atomic mass is 9.75. The molecule has 1 amide bonds. The van der Waals surface area contributed by atoms with Gasteiger partial charge in [0, 0.05) is 13.1 Å². The number of carbonyl (C=O) groups is 1. The highest BCUT2D eigenvalue weighted by molar-refractivity contribution is 5.79. The van der Waals surface area contributed by atoms with Crippen LogP contribution < -0.4 is 4.74 Å². The topological polar surface area (TPSA) is 29.5 Å². The summed E-state index contributed by atoms with van der Waals surface area (Å²) in [6, 6.07) is 5.46. The van der Waals surface area contributed by atoms with Gasteiger partial charge in [0.15, 0.2) is 0 Å². The van der Waals surface area contributed by atoms with Crippen LogP contribution in [0.1, 0.15) is 32.8 Å². The minimum absolute atomic E-state index is 0.00876. The second-order valence-electron chi connectivity index (χ2n) is 6.86. The van der Waals surface area contributed by atoms with E-state index in [0.717, 1.165) is 13.0 Å². The Morgan fingerprint density at radius 3 is 2.43 bits per heavy atom. The van der Waals surface area contributed by atoms with E-state index in [1.54, 1.807) is 0 Å². The first-order chi connectivity index (χ1) is 10.6. The first-order valence-corrected chi connectivity index (χ1v) is 7.69. The third-order valence-corrected chi connectivity index (χ3v) is 4.63. The van der Waals surface area contributed by atoms with E-state index in [2.05, 4.69) is 25.5 Å². The van der Waals surface area contributed by atoms with Gasteiger partial charge in [-0.3, -0.25) is 4.79 Å². The molecule has 2 rings (SSSR count). The number of likely N-dealkylation sites (tertiary alicyclic amines) is 1. The Morgan fingerprint density at radius 1 is 1.30 bits per heavy atom. The summed E-state index contributed by atoms with van der Waals surface area (Å²) in [6.07, 6.45) is -3.54. The maximum absolute atomic E-state index is 12.4. The van der Waals surface area contributed by atoms with Crippen LogP contribution in [0.15, 0.2) is 24.3 Å². The molecular formula is C17H22F3NO2. The van der Waals surface area contributed by atoms with Crippen molar-refractivity contribution in [1.82, 2.24) is 4.90 Å². The third kappa shape index (κ3) is 4.88. The van der Waals surface area contributed by atoms with Crippen LogP contribution in [-0.4, -0.2) is 30.3 Å². The zero-order chi connectivity index (χ0) is 17.3. The van der Waals surface area contributed by atoms with E-state index in [0.29, 0.717) is 18.0 Å². The van der Waals surface area contributed by atoms with Crippen molar-refractivity contribution in [3.05, 3.63) is 29.8 Å². The molecular weight excluding hydrogens is 307 g/mol. The maximum atomic E-state index is 12.4. The van der Waals surface area contributed by atoms with Gasteiger partial charge in [-0.2, -0.15) is 0 Å². The number of rotatable bonds is 3. The Bertz CT molecular complexity index is 552. The zero-order valence-corrected chi connectivity index (χ0v) is 13.6. The van der Waals surface area contributed by atoms with Gasteiger partial charge in [-0.15, -0.1) is 13.2 Å². The molecule has 0 radical (unpaired) electrons. The quantitative estimate of drug-likeness (QED) is 0.838. The largest absolute Gasteiger partial charge is 0.573 e. The number of ether oxygens (including phenoxy) is 1. The fourth-order valence-corrected chi connectivity index (χ4v) is 2.78. The second-order valence-corrected chi connectivity index (χ2v) is 6.86. The summed E-state index contributed by atoms with van der Waals surface area (Å²) in [5, 5.41) is 0. The average Bonchev–Trinajstić information content (AvgIpc) is 2.42. The first kappa shape index (κ1) is 17.6. The van der Waals surface area contributed by atoms with Gasteiger partial charge >= 0.3 is 6.36 Å². The molecule has 0 N–H and O–H groups in total. The Morgan fingerprint density at radius 2 is 1.91 bits per heavy atom. The lowest BCUT2D eigenvalue weighted by Crippen LogP contribution is -2.47. The Kier molecular flexibility index (Phi) is 4.92. The minimum Gasteiger partial charge on any atom is -0.406 e. The Balaban J connectivity index is 1.95. The highest BCUT2D eigenvalue weighted by atomic mass is 19.4. The second kappa shape index (κ2) is 6.42. The summed E-state index contributed by atoms with van der Waals surface area (Å²) in [5.74, 6) is 0.293. The molecule has 0 spiro atoms. The molecule has 1 aromatic rings. The molecule has 0 bridgehead atoms. The van der Waals surface area contributed by atoms with E-state index in [1.165, 1.54) is 24.3 Å². The number of halogens is 3. The molecule has 1 atom stereocenters. The molecule has 1 saturated heterocycles. The summed E-state index contributed by atoms with van der Waals surface area (Å²) in [6.45, 7) is 7.95. The van der Waals surface area contributed by atoms with Gasteiger partial charge in [0.05, 0.1) is 6.42 Å². The van der Waals surface area contributed by atoms with Gasteiger partial charge in [-0.05, 0) is 35.4 Å². The van der Waals surface area contributed by atoms with Crippen LogP contribution >= 0.6 is 0 Å². The maximum Gasteiger partial charge on any atom is 0.573 e. The lowest BCUT2D eigenvalue weighted by molar-refractivity contribution is -0.274. The van der Waals surface area contributed by atoms with Crippen LogP contribution in [0.2, 0.25) is 0 Å². The van der Waals surface area contributed by atoms with E-state index in [-0.39, 0.29) is 23.5 Å². The van der Waals surface area contributed by atoms with Gasteiger partial charge in [-0.25, -0.2) is 0 Å². The molecule has 23 heavy (non-hydrogen) atoms. The van der Waals surface area contributed by atoms with Gasteiger partial charge < -0.3 is 9.64 Å². The predicted octanol–water partition coefficient (Wildman–Crippen LogP) is 4.02. The molecule has 1 aliphatic rings. The number of piperidine rings is 1. The van der Waals surface area contributed by atoms with Crippen molar-refractivity contribution >= 4 is 5.91 Å². The number of carbonyl (C=O) groups excluding carboxylic acids is 1. The smallest absolute Gasteiger partial charge is 0.406 e. The molecule has 1 heterocycles. The number of benzene rings is 1. The SMILES string of the molecule is CC1CCN(C(=O)Cc2ccc(OC(F)(F)F)cc2)CC1(C)C. The van der Waals surface area contributed by atoms with E-state index < -0.39 is 6.36 Å². The molecule has 1 aromatic carbocycles.